The monoisotopic (exact) mass is 350 g/mol. The highest BCUT2D eigenvalue weighted by molar-refractivity contribution is 5.88. The first kappa shape index (κ1) is 17.5. The van der Waals surface area contributed by atoms with E-state index in [0.29, 0.717) is 25.7 Å². The molecule has 4 saturated carbocycles. The molecule has 4 aliphatic carbocycles. The average Bonchev–Trinajstić information content (AvgIpc) is 2.72. The minimum absolute atomic E-state index is 0.0360. The van der Waals surface area contributed by atoms with Gasteiger partial charge < -0.3 is 15.3 Å². The SMILES string of the molecule is C[C@@]12C[C@H](O)C[C@@](C)(C(=O)O)[C@H]1CC[C@@]13CC(=O)[C@@](CO)(CC[C@H]12)C3. The van der Waals surface area contributed by atoms with Crippen LogP contribution in [-0.2, 0) is 9.59 Å². The number of aliphatic hydroxyl groups excluding tert-OH is 2. The molecule has 0 amide bonds. The molecule has 0 aromatic carbocycles. The Hall–Kier alpha value is -0.940. The quantitative estimate of drug-likeness (QED) is 0.711. The van der Waals surface area contributed by atoms with Crippen molar-refractivity contribution in [3.05, 3.63) is 0 Å². The first-order valence-corrected chi connectivity index (χ1v) is 9.68. The number of carboxylic acids is 1. The fraction of sp³-hybridized carbons (Fsp3) is 0.900. The molecule has 0 radical (unpaired) electrons. The van der Waals surface area contributed by atoms with Crippen molar-refractivity contribution < 1.29 is 24.9 Å². The van der Waals surface area contributed by atoms with Crippen LogP contribution in [0.15, 0.2) is 0 Å². The molecule has 0 saturated heterocycles. The third-order valence-electron chi connectivity index (χ3n) is 8.86. The van der Waals surface area contributed by atoms with E-state index in [1.165, 1.54) is 0 Å². The van der Waals surface area contributed by atoms with Crippen molar-refractivity contribution in [2.75, 3.05) is 6.61 Å². The van der Waals surface area contributed by atoms with Crippen LogP contribution in [0.25, 0.3) is 0 Å². The Kier molecular flexibility index (Phi) is 3.54. The van der Waals surface area contributed by atoms with E-state index in [2.05, 4.69) is 6.92 Å². The third-order valence-corrected chi connectivity index (χ3v) is 8.86. The Morgan fingerprint density at radius 1 is 1.16 bits per heavy atom. The first-order valence-electron chi connectivity index (χ1n) is 9.68. The maximum absolute atomic E-state index is 12.7. The van der Waals surface area contributed by atoms with Crippen LogP contribution in [-0.4, -0.2) is 39.8 Å². The summed E-state index contributed by atoms with van der Waals surface area (Å²) in [6.07, 6.45) is 4.89. The van der Waals surface area contributed by atoms with Crippen LogP contribution < -0.4 is 0 Å². The van der Waals surface area contributed by atoms with Gasteiger partial charge in [0.25, 0.3) is 0 Å². The number of hydrogen-bond donors (Lipinski definition) is 3. The fourth-order valence-corrected chi connectivity index (χ4v) is 7.93. The number of carbonyl (C=O) groups excluding carboxylic acids is 1. The van der Waals surface area contributed by atoms with Crippen molar-refractivity contribution in [2.24, 2.45) is 33.5 Å². The Labute approximate surface area is 148 Å². The summed E-state index contributed by atoms with van der Waals surface area (Å²) in [5.41, 5.74) is -1.81. The van der Waals surface area contributed by atoms with Gasteiger partial charge in [-0.3, -0.25) is 9.59 Å². The number of hydrogen-bond acceptors (Lipinski definition) is 4. The standard InChI is InChI=1S/C20H30O5/c1-17-7-12(22)8-18(2,16(24)25)13(17)3-5-19-9-15(23)20(10-19,11-21)6-4-14(17)19/h12-14,21-22H,3-11H2,1-2H3,(H,24,25)/t12-,13-,14-,17+,18+,19-,20-/m0/s1. The van der Waals surface area contributed by atoms with Gasteiger partial charge in [-0.15, -0.1) is 0 Å². The lowest BCUT2D eigenvalue weighted by Gasteiger charge is -2.64. The zero-order chi connectivity index (χ0) is 18.3. The van der Waals surface area contributed by atoms with Gasteiger partial charge in [-0.05, 0) is 74.5 Å². The van der Waals surface area contributed by atoms with E-state index >= 15 is 0 Å². The van der Waals surface area contributed by atoms with E-state index in [4.69, 9.17) is 0 Å². The maximum atomic E-state index is 12.7. The zero-order valence-electron chi connectivity index (χ0n) is 15.3. The summed E-state index contributed by atoms with van der Waals surface area (Å²) in [5, 5.41) is 30.3. The van der Waals surface area contributed by atoms with Gasteiger partial charge in [0, 0.05) is 6.42 Å². The average molecular weight is 350 g/mol. The van der Waals surface area contributed by atoms with E-state index in [9.17, 15) is 24.9 Å². The molecule has 4 fully saturated rings. The summed E-state index contributed by atoms with van der Waals surface area (Å²) in [6, 6.07) is 0. The van der Waals surface area contributed by atoms with Crippen molar-refractivity contribution in [3.63, 3.8) is 0 Å². The van der Waals surface area contributed by atoms with Crippen molar-refractivity contribution in [3.8, 4) is 0 Å². The van der Waals surface area contributed by atoms with Crippen LogP contribution >= 0.6 is 0 Å². The van der Waals surface area contributed by atoms with Gasteiger partial charge >= 0.3 is 5.97 Å². The molecule has 2 bridgehead atoms. The summed E-state index contributed by atoms with van der Waals surface area (Å²) >= 11 is 0. The van der Waals surface area contributed by atoms with Gasteiger partial charge in [-0.1, -0.05) is 6.92 Å². The highest BCUT2D eigenvalue weighted by atomic mass is 16.4. The number of fused-ring (bicyclic) bond motifs is 3. The number of carbonyl (C=O) groups is 2. The molecule has 140 valence electrons. The van der Waals surface area contributed by atoms with Crippen molar-refractivity contribution in [1.82, 2.24) is 0 Å². The summed E-state index contributed by atoms with van der Waals surface area (Å²) in [5.74, 6) is -0.300. The number of aliphatic carboxylic acids is 1. The molecular formula is C20H30O5. The topological polar surface area (TPSA) is 94.8 Å². The molecular weight excluding hydrogens is 320 g/mol. The Bertz CT molecular complexity index is 632. The molecule has 3 N–H and O–H groups in total. The Morgan fingerprint density at radius 3 is 2.48 bits per heavy atom. The predicted octanol–water partition coefficient (Wildman–Crippen LogP) is 2.39. The van der Waals surface area contributed by atoms with Crippen molar-refractivity contribution in [2.45, 2.75) is 71.3 Å². The second-order valence-electron chi connectivity index (χ2n) is 10.1. The molecule has 0 unspecified atom stereocenters. The first-order chi connectivity index (χ1) is 11.6. The smallest absolute Gasteiger partial charge is 0.309 e. The normalized spacial score (nSPS) is 54.7. The minimum atomic E-state index is -0.901. The van der Waals surface area contributed by atoms with Gasteiger partial charge in [0.15, 0.2) is 0 Å². The molecule has 1 spiro atoms. The Balaban J connectivity index is 1.76. The minimum Gasteiger partial charge on any atom is -0.481 e. The van der Waals surface area contributed by atoms with Gasteiger partial charge in [0.2, 0.25) is 0 Å². The number of aliphatic hydroxyl groups is 2. The molecule has 7 atom stereocenters. The molecule has 4 rings (SSSR count). The summed E-state index contributed by atoms with van der Waals surface area (Å²) < 4.78 is 0. The second-order valence-corrected chi connectivity index (χ2v) is 10.1. The lowest BCUT2D eigenvalue weighted by molar-refractivity contribution is -0.198. The Morgan fingerprint density at radius 2 is 1.84 bits per heavy atom. The maximum Gasteiger partial charge on any atom is 0.309 e. The van der Waals surface area contributed by atoms with E-state index in [-0.39, 0.29) is 35.1 Å². The summed E-state index contributed by atoms with van der Waals surface area (Å²) in [7, 11) is 0. The molecule has 0 heterocycles. The molecule has 4 aliphatic rings. The van der Waals surface area contributed by atoms with Crippen LogP contribution in [0, 0.1) is 33.5 Å². The number of rotatable bonds is 2. The number of carboxylic acid groups (broad SMARTS) is 1. The van der Waals surface area contributed by atoms with Crippen LogP contribution in [0.3, 0.4) is 0 Å². The van der Waals surface area contributed by atoms with Gasteiger partial charge in [0.05, 0.1) is 23.5 Å². The molecule has 25 heavy (non-hydrogen) atoms. The van der Waals surface area contributed by atoms with Gasteiger partial charge in [-0.2, -0.15) is 0 Å². The molecule has 5 heteroatoms. The van der Waals surface area contributed by atoms with Crippen molar-refractivity contribution >= 4 is 11.8 Å². The lowest BCUT2D eigenvalue weighted by Crippen LogP contribution is -2.61. The lowest BCUT2D eigenvalue weighted by atomic mass is 9.40. The van der Waals surface area contributed by atoms with Crippen LogP contribution in [0.2, 0.25) is 0 Å². The van der Waals surface area contributed by atoms with Crippen LogP contribution in [0.5, 0.6) is 0 Å². The highest BCUT2D eigenvalue weighted by Gasteiger charge is 2.69. The molecule has 0 aromatic rings. The predicted molar refractivity (Wildman–Crippen MR) is 90.7 cm³/mol. The number of ketones is 1. The van der Waals surface area contributed by atoms with Gasteiger partial charge in [-0.25, -0.2) is 0 Å². The second kappa shape index (κ2) is 5.07. The number of Topliss-reactive ketones (excluding diaryl/α,β-unsaturated/α-hetero) is 1. The molecule has 0 aliphatic heterocycles. The molecule has 5 nitrogen and oxygen atoms in total. The van der Waals surface area contributed by atoms with Gasteiger partial charge in [0.1, 0.15) is 5.78 Å². The zero-order valence-corrected chi connectivity index (χ0v) is 15.3. The van der Waals surface area contributed by atoms with E-state index in [0.717, 1.165) is 25.7 Å². The summed E-state index contributed by atoms with van der Waals surface area (Å²) in [4.78, 5) is 24.8. The van der Waals surface area contributed by atoms with E-state index in [1.54, 1.807) is 6.92 Å². The van der Waals surface area contributed by atoms with Crippen LogP contribution in [0.4, 0.5) is 0 Å². The van der Waals surface area contributed by atoms with Crippen molar-refractivity contribution in [1.29, 1.82) is 0 Å². The largest absolute Gasteiger partial charge is 0.481 e. The van der Waals surface area contributed by atoms with E-state index in [1.807, 2.05) is 0 Å². The fourth-order valence-electron chi connectivity index (χ4n) is 7.93. The van der Waals surface area contributed by atoms with E-state index < -0.39 is 22.9 Å². The van der Waals surface area contributed by atoms with Crippen LogP contribution in [0.1, 0.15) is 65.2 Å². The summed E-state index contributed by atoms with van der Waals surface area (Å²) in [6.45, 7) is 3.91. The third kappa shape index (κ3) is 2.03. The molecule has 0 aromatic heterocycles. The highest BCUT2D eigenvalue weighted by Crippen LogP contribution is 2.72.